The Hall–Kier alpha value is -1.27. The topological polar surface area (TPSA) is 103 Å². The standard InChI is InChI=1S/C8H8ClN3O3S/c9-6-1-3-7(4-2-6)16(14,15)5-8(13)11-12-10/h1-4,8,13H,5H2. The van der Waals surface area contributed by atoms with Crippen molar-refractivity contribution >= 4 is 21.4 Å². The van der Waals surface area contributed by atoms with Crippen LogP contribution in [0.25, 0.3) is 10.4 Å². The Morgan fingerprint density at radius 1 is 1.44 bits per heavy atom. The molecule has 1 aromatic rings. The molecule has 0 aliphatic heterocycles. The number of hydrogen-bond donors (Lipinski definition) is 1. The van der Waals surface area contributed by atoms with Gasteiger partial charge in [0, 0.05) is 9.93 Å². The molecule has 0 saturated heterocycles. The predicted molar refractivity (Wildman–Crippen MR) is 58.7 cm³/mol. The van der Waals surface area contributed by atoms with Gasteiger partial charge in [0.25, 0.3) is 0 Å². The van der Waals surface area contributed by atoms with E-state index in [2.05, 4.69) is 10.0 Å². The minimum atomic E-state index is -3.67. The first kappa shape index (κ1) is 12.8. The molecule has 8 heteroatoms. The molecule has 16 heavy (non-hydrogen) atoms. The highest BCUT2D eigenvalue weighted by molar-refractivity contribution is 7.91. The van der Waals surface area contributed by atoms with Gasteiger partial charge in [-0.1, -0.05) is 16.7 Å². The van der Waals surface area contributed by atoms with Crippen molar-refractivity contribution < 1.29 is 13.5 Å². The third-order valence-electron chi connectivity index (χ3n) is 1.73. The highest BCUT2D eigenvalue weighted by Crippen LogP contribution is 2.16. The van der Waals surface area contributed by atoms with Crippen molar-refractivity contribution in [1.29, 1.82) is 0 Å². The van der Waals surface area contributed by atoms with Crippen LogP contribution in [-0.4, -0.2) is 25.5 Å². The SMILES string of the molecule is [N-]=[N+]=NC(O)CS(=O)(=O)c1ccc(Cl)cc1. The summed E-state index contributed by atoms with van der Waals surface area (Å²) < 4.78 is 23.3. The number of hydrogen-bond acceptors (Lipinski definition) is 4. The molecule has 1 atom stereocenters. The van der Waals surface area contributed by atoms with E-state index in [0.717, 1.165) is 0 Å². The molecule has 0 saturated carbocycles. The van der Waals surface area contributed by atoms with Crippen molar-refractivity contribution in [3.05, 3.63) is 39.7 Å². The van der Waals surface area contributed by atoms with Crippen molar-refractivity contribution in [2.75, 3.05) is 5.75 Å². The quantitative estimate of drug-likeness (QED) is 0.507. The molecule has 0 amide bonds. The Balaban J connectivity index is 2.94. The minimum Gasteiger partial charge on any atom is -0.386 e. The van der Waals surface area contributed by atoms with Crippen molar-refractivity contribution in [1.82, 2.24) is 0 Å². The number of sulfone groups is 1. The summed E-state index contributed by atoms with van der Waals surface area (Å²) in [7, 11) is -3.67. The van der Waals surface area contributed by atoms with Crippen LogP contribution in [0.2, 0.25) is 5.02 Å². The average Bonchev–Trinajstić information content (AvgIpc) is 2.17. The number of nitrogens with zero attached hydrogens (tertiary/aromatic N) is 3. The second-order valence-electron chi connectivity index (χ2n) is 2.92. The van der Waals surface area contributed by atoms with Crippen molar-refractivity contribution in [3.63, 3.8) is 0 Å². The molecule has 1 N–H and O–H groups in total. The first-order chi connectivity index (χ1) is 7.45. The third kappa shape index (κ3) is 3.39. The zero-order chi connectivity index (χ0) is 12.2. The van der Waals surface area contributed by atoms with Gasteiger partial charge in [0.15, 0.2) is 9.84 Å². The lowest BCUT2D eigenvalue weighted by atomic mass is 10.4. The first-order valence-corrected chi connectivity index (χ1v) is 6.19. The zero-order valence-electron chi connectivity index (χ0n) is 7.99. The lowest BCUT2D eigenvalue weighted by Gasteiger charge is -2.05. The van der Waals surface area contributed by atoms with E-state index in [1.807, 2.05) is 0 Å². The maximum absolute atomic E-state index is 11.6. The second-order valence-corrected chi connectivity index (χ2v) is 5.39. The number of halogens is 1. The average molecular weight is 262 g/mol. The molecule has 0 aromatic heterocycles. The molecule has 0 fully saturated rings. The Labute approximate surface area is 97.0 Å². The van der Waals surface area contributed by atoms with Gasteiger partial charge >= 0.3 is 0 Å². The molecule has 0 spiro atoms. The molecule has 0 aliphatic carbocycles. The van der Waals surface area contributed by atoms with Gasteiger partial charge in [-0.15, -0.1) is 0 Å². The van der Waals surface area contributed by atoms with Crippen LogP contribution >= 0.6 is 11.6 Å². The number of aliphatic hydroxyl groups excluding tert-OH is 1. The molecule has 6 nitrogen and oxygen atoms in total. The summed E-state index contributed by atoms with van der Waals surface area (Å²) in [5.41, 5.74) is 8.03. The zero-order valence-corrected chi connectivity index (χ0v) is 9.56. The van der Waals surface area contributed by atoms with Crippen LogP contribution in [0.5, 0.6) is 0 Å². The number of benzene rings is 1. The molecule has 1 unspecified atom stereocenters. The molecular weight excluding hydrogens is 254 g/mol. The highest BCUT2D eigenvalue weighted by atomic mass is 35.5. The predicted octanol–water partition coefficient (Wildman–Crippen LogP) is 1.74. The van der Waals surface area contributed by atoms with Crippen LogP contribution in [0.15, 0.2) is 34.3 Å². The Morgan fingerprint density at radius 3 is 2.50 bits per heavy atom. The highest BCUT2D eigenvalue weighted by Gasteiger charge is 2.18. The molecule has 1 aromatic carbocycles. The summed E-state index contributed by atoms with van der Waals surface area (Å²) in [6.45, 7) is 0. The fraction of sp³-hybridized carbons (Fsp3) is 0.250. The van der Waals surface area contributed by atoms with E-state index in [4.69, 9.17) is 22.2 Å². The fourth-order valence-corrected chi connectivity index (χ4v) is 2.36. The summed E-state index contributed by atoms with van der Waals surface area (Å²) in [5, 5.41) is 12.4. The van der Waals surface area contributed by atoms with Gasteiger partial charge in [-0.25, -0.2) is 8.42 Å². The lowest BCUT2D eigenvalue weighted by molar-refractivity contribution is 0.205. The van der Waals surface area contributed by atoms with E-state index in [1.54, 1.807) is 0 Å². The molecular formula is C8H8ClN3O3S. The molecule has 0 radical (unpaired) electrons. The number of rotatable bonds is 4. The number of azide groups is 1. The summed E-state index contributed by atoms with van der Waals surface area (Å²) in [5.74, 6) is -0.654. The van der Waals surface area contributed by atoms with Crippen LogP contribution < -0.4 is 0 Å². The van der Waals surface area contributed by atoms with Crippen molar-refractivity contribution in [2.45, 2.75) is 11.1 Å². The first-order valence-electron chi connectivity index (χ1n) is 4.16. The lowest BCUT2D eigenvalue weighted by Crippen LogP contribution is -2.18. The number of aliphatic hydroxyl groups is 1. The van der Waals surface area contributed by atoms with Crippen LogP contribution in [0.3, 0.4) is 0 Å². The largest absolute Gasteiger partial charge is 0.386 e. The monoisotopic (exact) mass is 261 g/mol. The fourth-order valence-electron chi connectivity index (χ4n) is 1.03. The van der Waals surface area contributed by atoms with E-state index in [9.17, 15) is 8.42 Å². The van der Waals surface area contributed by atoms with Crippen LogP contribution in [0.4, 0.5) is 0 Å². The van der Waals surface area contributed by atoms with Gasteiger partial charge in [0.1, 0.15) is 6.23 Å². The van der Waals surface area contributed by atoms with Gasteiger partial charge in [-0.3, -0.25) is 0 Å². The molecule has 0 heterocycles. The summed E-state index contributed by atoms with van der Waals surface area (Å²) in [6.07, 6.45) is -1.59. The van der Waals surface area contributed by atoms with E-state index >= 15 is 0 Å². The van der Waals surface area contributed by atoms with Gasteiger partial charge in [-0.2, -0.15) is 0 Å². The smallest absolute Gasteiger partial charge is 0.181 e. The molecule has 1 rings (SSSR count). The minimum absolute atomic E-state index is 0.0177. The Bertz CT molecular complexity index is 508. The molecule has 0 bridgehead atoms. The van der Waals surface area contributed by atoms with E-state index in [0.29, 0.717) is 5.02 Å². The van der Waals surface area contributed by atoms with E-state index < -0.39 is 21.8 Å². The van der Waals surface area contributed by atoms with E-state index in [1.165, 1.54) is 24.3 Å². The summed E-state index contributed by atoms with van der Waals surface area (Å²) in [4.78, 5) is 2.33. The van der Waals surface area contributed by atoms with E-state index in [-0.39, 0.29) is 4.90 Å². The van der Waals surface area contributed by atoms with Crippen LogP contribution in [0.1, 0.15) is 0 Å². The second kappa shape index (κ2) is 5.18. The Kier molecular flexibility index (Phi) is 4.14. The van der Waals surface area contributed by atoms with Crippen molar-refractivity contribution in [2.24, 2.45) is 5.11 Å². The van der Waals surface area contributed by atoms with Gasteiger partial charge < -0.3 is 5.11 Å². The maximum Gasteiger partial charge on any atom is 0.181 e. The normalized spacial score (nSPS) is 12.9. The Morgan fingerprint density at radius 2 is 2.00 bits per heavy atom. The molecule has 86 valence electrons. The van der Waals surface area contributed by atoms with Crippen molar-refractivity contribution in [3.8, 4) is 0 Å². The van der Waals surface area contributed by atoms with Gasteiger partial charge in [0.05, 0.1) is 10.6 Å². The van der Waals surface area contributed by atoms with Crippen LogP contribution in [0, 0.1) is 0 Å². The van der Waals surface area contributed by atoms with Gasteiger partial charge in [-0.05, 0) is 29.8 Å². The summed E-state index contributed by atoms with van der Waals surface area (Å²) in [6, 6.07) is 5.49. The van der Waals surface area contributed by atoms with Gasteiger partial charge in [0.2, 0.25) is 0 Å². The maximum atomic E-state index is 11.6. The third-order valence-corrected chi connectivity index (χ3v) is 3.71. The molecule has 0 aliphatic rings. The van der Waals surface area contributed by atoms with Crippen LogP contribution in [-0.2, 0) is 9.84 Å². The summed E-state index contributed by atoms with van der Waals surface area (Å²) >= 11 is 5.61.